The number of nitrogens with one attached hydrogen (secondary N) is 2. The lowest BCUT2D eigenvalue weighted by atomic mass is 10.2. The predicted octanol–water partition coefficient (Wildman–Crippen LogP) is -0.555. The van der Waals surface area contributed by atoms with Gasteiger partial charge in [-0.15, -0.1) is 0 Å². The molecule has 0 saturated heterocycles. The van der Waals surface area contributed by atoms with Gasteiger partial charge in [-0.05, 0) is 13.8 Å². The Morgan fingerprint density at radius 2 is 2.18 bits per heavy atom. The number of urea groups is 1. The van der Waals surface area contributed by atoms with Crippen LogP contribution in [0.2, 0.25) is 0 Å². The van der Waals surface area contributed by atoms with Crippen molar-refractivity contribution in [1.82, 2.24) is 20.2 Å². The lowest BCUT2D eigenvalue weighted by Crippen LogP contribution is -2.49. The van der Waals surface area contributed by atoms with Crippen LogP contribution in [0.25, 0.3) is 0 Å². The summed E-state index contributed by atoms with van der Waals surface area (Å²) in [5.74, 6) is -0.435. The molecule has 0 aliphatic heterocycles. The molecule has 0 aliphatic carbocycles. The van der Waals surface area contributed by atoms with Crippen LogP contribution in [0.3, 0.4) is 0 Å². The summed E-state index contributed by atoms with van der Waals surface area (Å²) in [6.45, 7) is 4.30. The lowest BCUT2D eigenvalue weighted by molar-refractivity contribution is -0.121. The molecule has 3 amide bonds. The normalized spacial score (nSPS) is 14.0. The zero-order valence-electron chi connectivity index (χ0n) is 9.88. The molecule has 94 valence electrons. The first kappa shape index (κ1) is 13.2. The Morgan fingerprint density at radius 1 is 1.47 bits per heavy atom. The molecule has 7 heteroatoms. The number of carbonyl (C=O) groups is 2. The summed E-state index contributed by atoms with van der Waals surface area (Å²) in [5.41, 5.74) is 4.86. The van der Waals surface area contributed by atoms with Crippen LogP contribution in [0, 0.1) is 0 Å². The van der Waals surface area contributed by atoms with E-state index in [-0.39, 0.29) is 6.04 Å². The Hall–Kier alpha value is -1.89. The zero-order chi connectivity index (χ0) is 12.8. The van der Waals surface area contributed by atoms with Gasteiger partial charge in [-0.25, -0.2) is 9.78 Å². The highest BCUT2D eigenvalue weighted by Gasteiger charge is 2.16. The third-order valence-electron chi connectivity index (χ3n) is 2.22. The standard InChI is InChI=1S/C10H17N5O2/c1-7(5-15-4-3-12-6-15)13-8(2)9(16)14-10(11)17/h3-4,6-8,13H,5H2,1-2H3,(H3,11,14,16,17). The fourth-order valence-electron chi connectivity index (χ4n) is 1.50. The van der Waals surface area contributed by atoms with Crippen LogP contribution in [0.5, 0.6) is 0 Å². The van der Waals surface area contributed by atoms with Gasteiger partial charge in [0.1, 0.15) is 0 Å². The SMILES string of the molecule is CC(Cn1ccnc1)NC(C)C(=O)NC(N)=O. The van der Waals surface area contributed by atoms with Crippen molar-refractivity contribution in [2.45, 2.75) is 32.5 Å². The van der Waals surface area contributed by atoms with Gasteiger partial charge in [-0.1, -0.05) is 0 Å². The van der Waals surface area contributed by atoms with Crippen molar-refractivity contribution in [3.63, 3.8) is 0 Å². The molecule has 1 aromatic rings. The number of carbonyl (C=O) groups excluding carboxylic acids is 2. The fourth-order valence-corrected chi connectivity index (χ4v) is 1.50. The van der Waals surface area contributed by atoms with Crippen LogP contribution < -0.4 is 16.4 Å². The van der Waals surface area contributed by atoms with Gasteiger partial charge in [0.15, 0.2) is 0 Å². The second-order valence-corrected chi connectivity index (χ2v) is 3.90. The molecule has 1 aromatic heterocycles. The van der Waals surface area contributed by atoms with E-state index in [1.807, 2.05) is 23.0 Å². The molecular formula is C10H17N5O2. The molecule has 0 radical (unpaired) electrons. The first-order valence-electron chi connectivity index (χ1n) is 5.31. The summed E-state index contributed by atoms with van der Waals surface area (Å²) in [7, 11) is 0. The van der Waals surface area contributed by atoms with Crippen LogP contribution in [0.4, 0.5) is 4.79 Å². The molecule has 0 bridgehead atoms. The number of hydrogen-bond donors (Lipinski definition) is 3. The number of nitrogens with zero attached hydrogens (tertiary/aromatic N) is 2. The zero-order valence-corrected chi connectivity index (χ0v) is 9.88. The van der Waals surface area contributed by atoms with E-state index in [4.69, 9.17) is 5.73 Å². The Bertz CT molecular complexity index is 376. The van der Waals surface area contributed by atoms with E-state index >= 15 is 0 Å². The van der Waals surface area contributed by atoms with E-state index in [1.54, 1.807) is 19.4 Å². The molecule has 0 aliphatic rings. The van der Waals surface area contributed by atoms with E-state index in [0.29, 0.717) is 6.54 Å². The van der Waals surface area contributed by atoms with E-state index in [1.165, 1.54) is 0 Å². The van der Waals surface area contributed by atoms with Gasteiger partial charge in [-0.2, -0.15) is 0 Å². The summed E-state index contributed by atoms with van der Waals surface area (Å²) >= 11 is 0. The quantitative estimate of drug-likeness (QED) is 0.641. The van der Waals surface area contributed by atoms with E-state index in [0.717, 1.165) is 0 Å². The van der Waals surface area contributed by atoms with Crippen molar-refractivity contribution in [1.29, 1.82) is 0 Å². The van der Waals surface area contributed by atoms with Crippen molar-refractivity contribution in [2.24, 2.45) is 5.73 Å². The van der Waals surface area contributed by atoms with Gasteiger partial charge < -0.3 is 15.6 Å². The number of amides is 3. The van der Waals surface area contributed by atoms with E-state index in [2.05, 4.69) is 10.3 Å². The highest BCUT2D eigenvalue weighted by atomic mass is 16.2. The predicted molar refractivity (Wildman–Crippen MR) is 62.0 cm³/mol. The number of primary amides is 1. The minimum absolute atomic E-state index is 0.0674. The maximum Gasteiger partial charge on any atom is 0.318 e. The molecule has 0 aromatic carbocycles. The maximum atomic E-state index is 11.4. The van der Waals surface area contributed by atoms with Gasteiger partial charge in [0.05, 0.1) is 12.4 Å². The third kappa shape index (κ3) is 4.64. The minimum Gasteiger partial charge on any atom is -0.351 e. The molecule has 2 atom stereocenters. The lowest BCUT2D eigenvalue weighted by Gasteiger charge is -2.19. The number of imidazole rings is 1. The molecule has 17 heavy (non-hydrogen) atoms. The highest BCUT2D eigenvalue weighted by Crippen LogP contribution is 1.94. The molecule has 4 N–H and O–H groups in total. The number of aromatic nitrogens is 2. The average molecular weight is 239 g/mol. The van der Waals surface area contributed by atoms with Gasteiger partial charge in [0.25, 0.3) is 0 Å². The summed E-state index contributed by atoms with van der Waals surface area (Å²) < 4.78 is 1.90. The molecule has 0 saturated carbocycles. The van der Waals surface area contributed by atoms with E-state index < -0.39 is 18.0 Å². The van der Waals surface area contributed by atoms with Crippen LogP contribution in [-0.4, -0.2) is 33.6 Å². The first-order chi connectivity index (χ1) is 7.99. The number of hydrogen-bond acceptors (Lipinski definition) is 4. The monoisotopic (exact) mass is 239 g/mol. The van der Waals surface area contributed by atoms with Gasteiger partial charge in [-0.3, -0.25) is 10.1 Å². The van der Waals surface area contributed by atoms with Gasteiger partial charge in [0.2, 0.25) is 5.91 Å². The Balaban J connectivity index is 2.37. The second-order valence-electron chi connectivity index (χ2n) is 3.90. The molecule has 2 unspecified atom stereocenters. The molecule has 1 heterocycles. The highest BCUT2D eigenvalue weighted by molar-refractivity contribution is 5.96. The van der Waals surface area contributed by atoms with Crippen molar-refractivity contribution in [3.05, 3.63) is 18.7 Å². The molecule has 0 spiro atoms. The topological polar surface area (TPSA) is 102 Å². The maximum absolute atomic E-state index is 11.4. The van der Waals surface area contributed by atoms with Crippen molar-refractivity contribution in [2.75, 3.05) is 0 Å². The Morgan fingerprint density at radius 3 is 2.71 bits per heavy atom. The fraction of sp³-hybridized carbons (Fsp3) is 0.500. The van der Waals surface area contributed by atoms with E-state index in [9.17, 15) is 9.59 Å². The van der Waals surface area contributed by atoms with Crippen LogP contribution in [-0.2, 0) is 11.3 Å². The number of rotatable bonds is 5. The summed E-state index contributed by atoms with van der Waals surface area (Å²) in [4.78, 5) is 25.8. The van der Waals surface area contributed by atoms with Crippen molar-refractivity contribution in [3.8, 4) is 0 Å². The summed E-state index contributed by atoms with van der Waals surface area (Å²) in [5, 5.41) is 5.08. The smallest absolute Gasteiger partial charge is 0.318 e. The molecule has 7 nitrogen and oxygen atoms in total. The van der Waals surface area contributed by atoms with Crippen molar-refractivity contribution < 1.29 is 9.59 Å². The minimum atomic E-state index is -0.842. The second kappa shape index (κ2) is 6.00. The number of imide groups is 1. The number of nitrogens with two attached hydrogens (primary N) is 1. The molecule has 0 fully saturated rings. The van der Waals surface area contributed by atoms with Crippen LogP contribution >= 0.6 is 0 Å². The summed E-state index contributed by atoms with van der Waals surface area (Å²) in [6, 6.07) is -1.26. The van der Waals surface area contributed by atoms with Gasteiger partial charge >= 0.3 is 6.03 Å². The van der Waals surface area contributed by atoms with Crippen LogP contribution in [0.15, 0.2) is 18.7 Å². The first-order valence-corrected chi connectivity index (χ1v) is 5.31. The largest absolute Gasteiger partial charge is 0.351 e. The Labute approximate surface area is 99.4 Å². The molecule has 1 rings (SSSR count). The average Bonchev–Trinajstić information content (AvgIpc) is 2.68. The van der Waals surface area contributed by atoms with Crippen LogP contribution in [0.1, 0.15) is 13.8 Å². The van der Waals surface area contributed by atoms with Crippen molar-refractivity contribution >= 4 is 11.9 Å². The van der Waals surface area contributed by atoms with Gasteiger partial charge in [0, 0.05) is 25.0 Å². The summed E-state index contributed by atoms with van der Waals surface area (Å²) in [6.07, 6.45) is 5.23. The third-order valence-corrected chi connectivity index (χ3v) is 2.22. The molecular weight excluding hydrogens is 222 g/mol. The Kier molecular flexibility index (Phi) is 4.65.